The number of amides is 1. The third kappa shape index (κ3) is 3.59. The Morgan fingerprint density at radius 1 is 1.08 bits per heavy atom. The minimum absolute atomic E-state index is 0.0824. The molecule has 1 aliphatic rings. The minimum atomic E-state index is 0.0824. The van der Waals surface area contributed by atoms with Crippen LogP contribution in [-0.2, 0) is 6.54 Å². The number of aromatic nitrogens is 4. The molecule has 1 fully saturated rings. The van der Waals surface area contributed by atoms with Gasteiger partial charge in [0.1, 0.15) is 6.33 Å². The number of nitrogens with zero attached hydrogens (tertiary/aromatic N) is 6. The number of tetrazole rings is 1. The largest absolute Gasteiger partial charge is 0.336 e. The molecule has 0 N–H and O–H groups in total. The number of carbonyl (C=O) groups is 1. The van der Waals surface area contributed by atoms with E-state index in [-0.39, 0.29) is 5.91 Å². The highest BCUT2D eigenvalue weighted by molar-refractivity contribution is 7.09. The van der Waals surface area contributed by atoms with Gasteiger partial charge in [0.25, 0.3) is 5.91 Å². The molecule has 0 aliphatic carbocycles. The second-order valence-corrected chi connectivity index (χ2v) is 6.98. The van der Waals surface area contributed by atoms with Crippen LogP contribution in [0.5, 0.6) is 0 Å². The maximum Gasteiger partial charge on any atom is 0.253 e. The molecular formula is C17H18N6OS. The average molecular weight is 354 g/mol. The van der Waals surface area contributed by atoms with Gasteiger partial charge in [-0.3, -0.25) is 9.69 Å². The predicted octanol–water partition coefficient (Wildman–Crippen LogP) is 1.68. The number of thiophene rings is 1. The highest BCUT2D eigenvalue weighted by atomic mass is 32.1. The third-order valence-corrected chi connectivity index (χ3v) is 5.21. The van der Waals surface area contributed by atoms with Crippen LogP contribution >= 0.6 is 11.3 Å². The second-order valence-electron chi connectivity index (χ2n) is 5.95. The molecule has 0 spiro atoms. The van der Waals surface area contributed by atoms with E-state index in [2.05, 4.69) is 37.9 Å². The lowest BCUT2D eigenvalue weighted by Crippen LogP contribution is -2.48. The van der Waals surface area contributed by atoms with Crippen molar-refractivity contribution in [2.45, 2.75) is 6.54 Å². The summed E-state index contributed by atoms with van der Waals surface area (Å²) in [7, 11) is 0. The first-order valence-electron chi connectivity index (χ1n) is 8.17. The molecule has 0 bridgehead atoms. The van der Waals surface area contributed by atoms with Crippen LogP contribution in [0.15, 0.2) is 48.1 Å². The van der Waals surface area contributed by atoms with Gasteiger partial charge in [-0.1, -0.05) is 6.07 Å². The van der Waals surface area contributed by atoms with Gasteiger partial charge in [-0.15, -0.1) is 16.4 Å². The molecule has 2 aromatic heterocycles. The summed E-state index contributed by atoms with van der Waals surface area (Å²) in [6.07, 6.45) is 1.53. The Balaban J connectivity index is 1.35. The Bertz CT molecular complexity index is 807. The molecule has 1 aliphatic heterocycles. The van der Waals surface area contributed by atoms with Crippen LogP contribution < -0.4 is 0 Å². The molecule has 0 saturated carbocycles. The second kappa shape index (κ2) is 7.12. The number of piperazine rings is 1. The summed E-state index contributed by atoms with van der Waals surface area (Å²) >= 11 is 1.78. The summed E-state index contributed by atoms with van der Waals surface area (Å²) in [6.45, 7) is 4.32. The fourth-order valence-corrected chi connectivity index (χ4v) is 3.70. The highest BCUT2D eigenvalue weighted by Gasteiger charge is 2.22. The Hall–Kier alpha value is -2.58. The SMILES string of the molecule is O=C(c1ccc(-n2cnnn2)cc1)N1CCN(Cc2cccs2)CC1. The molecule has 3 heterocycles. The molecule has 128 valence electrons. The fourth-order valence-electron chi connectivity index (χ4n) is 2.95. The van der Waals surface area contributed by atoms with Crippen molar-refractivity contribution < 1.29 is 4.79 Å². The van der Waals surface area contributed by atoms with E-state index in [4.69, 9.17) is 0 Å². The van der Waals surface area contributed by atoms with E-state index in [9.17, 15) is 4.79 Å². The number of rotatable bonds is 4. The predicted molar refractivity (Wildman–Crippen MR) is 94.7 cm³/mol. The van der Waals surface area contributed by atoms with Gasteiger partial charge in [-0.05, 0) is 46.1 Å². The monoisotopic (exact) mass is 354 g/mol. The summed E-state index contributed by atoms with van der Waals surface area (Å²) in [5.41, 5.74) is 1.53. The van der Waals surface area contributed by atoms with Gasteiger partial charge in [0.15, 0.2) is 0 Å². The summed E-state index contributed by atoms with van der Waals surface area (Å²) in [4.78, 5) is 18.4. The molecule has 0 radical (unpaired) electrons. The summed E-state index contributed by atoms with van der Waals surface area (Å²) in [5.74, 6) is 0.0824. The summed E-state index contributed by atoms with van der Waals surface area (Å²) < 4.78 is 1.57. The topological polar surface area (TPSA) is 67.2 Å². The van der Waals surface area contributed by atoms with Crippen molar-refractivity contribution in [3.05, 3.63) is 58.5 Å². The first-order valence-corrected chi connectivity index (χ1v) is 9.05. The van der Waals surface area contributed by atoms with E-state index in [0.29, 0.717) is 5.56 Å². The van der Waals surface area contributed by atoms with Gasteiger partial charge in [0.2, 0.25) is 0 Å². The molecule has 3 aromatic rings. The Kier molecular flexibility index (Phi) is 4.53. The van der Waals surface area contributed by atoms with E-state index in [1.807, 2.05) is 29.2 Å². The van der Waals surface area contributed by atoms with E-state index in [0.717, 1.165) is 38.4 Å². The lowest BCUT2D eigenvalue weighted by Gasteiger charge is -2.34. The molecule has 25 heavy (non-hydrogen) atoms. The van der Waals surface area contributed by atoms with E-state index >= 15 is 0 Å². The maximum atomic E-state index is 12.7. The lowest BCUT2D eigenvalue weighted by atomic mass is 10.1. The molecule has 4 rings (SSSR count). The Morgan fingerprint density at radius 2 is 1.88 bits per heavy atom. The van der Waals surface area contributed by atoms with Gasteiger partial charge >= 0.3 is 0 Å². The molecule has 0 unspecified atom stereocenters. The fraction of sp³-hybridized carbons (Fsp3) is 0.294. The van der Waals surface area contributed by atoms with E-state index in [1.165, 1.54) is 11.2 Å². The first-order chi connectivity index (χ1) is 12.3. The highest BCUT2D eigenvalue weighted by Crippen LogP contribution is 2.15. The van der Waals surface area contributed by atoms with Crippen molar-refractivity contribution in [1.82, 2.24) is 30.0 Å². The van der Waals surface area contributed by atoms with Crippen LogP contribution in [0.25, 0.3) is 5.69 Å². The van der Waals surface area contributed by atoms with Crippen molar-refractivity contribution in [2.24, 2.45) is 0 Å². The van der Waals surface area contributed by atoms with Crippen LogP contribution in [0.4, 0.5) is 0 Å². The van der Waals surface area contributed by atoms with Crippen LogP contribution in [0.3, 0.4) is 0 Å². The van der Waals surface area contributed by atoms with Crippen molar-refractivity contribution in [1.29, 1.82) is 0 Å². The van der Waals surface area contributed by atoms with Gasteiger partial charge in [0.05, 0.1) is 5.69 Å². The van der Waals surface area contributed by atoms with Gasteiger partial charge in [0, 0.05) is 43.2 Å². The third-order valence-electron chi connectivity index (χ3n) is 4.35. The van der Waals surface area contributed by atoms with Crippen molar-refractivity contribution in [3.63, 3.8) is 0 Å². The maximum absolute atomic E-state index is 12.7. The minimum Gasteiger partial charge on any atom is -0.336 e. The van der Waals surface area contributed by atoms with Crippen LogP contribution in [-0.4, -0.2) is 62.1 Å². The molecule has 1 saturated heterocycles. The van der Waals surface area contributed by atoms with Gasteiger partial charge in [-0.25, -0.2) is 4.68 Å². The van der Waals surface area contributed by atoms with Crippen molar-refractivity contribution in [2.75, 3.05) is 26.2 Å². The summed E-state index contributed by atoms with van der Waals surface area (Å²) in [6, 6.07) is 11.6. The Morgan fingerprint density at radius 3 is 2.52 bits per heavy atom. The number of hydrogen-bond acceptors (Lipinski definition) is 6. The van der Waals surface area contributed by atoms with Crippen molar-refractivity contribution >= 4 is 17.2 Å². The zero-order valence-corrected chi connectivity index (χ0v) is 14.5. The molecule has 8 heteroatoms. The number of hydrogen-bond donors (Lipinski definition) is 0. The molecule has 0 atom stereocenters. The molecule has 1 amide bonds. The van der Waals surface area contributed by atoms with E-state index < -0.39 is 0 Å². The standard InChI is InChI=1S/C17H18N6OS/c24-17(14-3-5-15(6-4-14)23-13-18-19-20-23)22-9-7-21(8-10-22)12-16-2-1-11-25-16/h1-6,11,13H,7-10,12H2. The van der Waals surface area contributed by atoms with Crippen molar-refractivity contribution in [3.8, 4) is 5.69 Å². The van der Waals surface area contributed by atoms with Crippen LogP contribution in [0.1, 0.15) is 15.2 Å². The smallest absolute Gasteiger partial charge is 0.253 e. The zero-order valence-electron chi connectivity index (χ0n) is 13.7. The molecular weight excluding hydrogens is 336 g/mol. The summed E-state index contributed by atoms with van der Waals surface area (Å²) in [5, 5.41) is 13.2. The first kappa shape index (κ1) is 15.9. The van der Waals surface area contributed by atoms with Crippen LogP contribution in [0, 0.1) is 0 Å². The van der Waals surface area contributed by atoms with Gasteiger partial charge in [-0.2, -0.15) is 0 Å². The van der Waals surface area contributed by atoms with Crippen LogP contribution in [0.2, 0.25) is 0 Å². The zero-order chi connectivity index (χ0) is 17.1. The van der Waals surface area contributed by atoms with Gasteiger partial charge < -0.3 is 4.90 Å². The average Bonchev–Trinajstić information content (AvgIpc) is 3.36. The molecule has 7 nitrogen and oxygen atoms in total. The number of benzene rings is 1. The molecule has 1 aromatic carbocycles. The lowest BCUT2D eigenvalue weighted by molar-refractivity contribution is 0.0629. The Labute approximate surface area is 149 Å². The quantitative estimate of drug-likeness (QED) is 0.713. The normalized spacial score (nSPS) is 15.4. The number of carbonyl (C=O) groups excluding carboxylic acids is 1. The van der Waals surface area contributed by atoms with E-state index in [1.54, 1.807) is 16.0 Å².